The fraction of sp³-hybridized carbons (Fsp3) is 0.353. The Morgan fingerprint density at radius 3 is 2.71 bits per heavy atom. The van der Waals surface area contributed by atoms with Crippen LogP contribution in [0.4, 0.5) is 11.8 Å². The number of halogens is 1. The molecule has 0 saturated carbocycles. The highest BCUT2D eigenvalue weighted by Gasteiger charge is 2.44. The van der Waals surface area contributed by atoms with Gasteiger partial charge >= 0.3 is 0 Å². The van der Waals surface area contributed by atoms with Crippen LogP contribution < -0.4 is 11.1 Å². The van der Waals surface area contributed by atoms with Gasteiger partial charge in [0, 0.05) is 11.6 Å². The first-order valence-corrected chi connectivity index (χ1v) is 8.97. The zero-order valence-electron chi connectivity index (χ0n) is 14.6. The van der Waals surface area contributed by atoms with Crippen molar-refractivity contribution in [1.82, 2.24) is 19.5 Å². The molecule has 1 unspecified atom stereocenters. The number of ether oxygens (including phenoxy) is 1. The first-order valence-electron chi connectivity index (χ1n) is 8.59. The summed E-state index contributed by atoms with van der Waals surface area (Å²) in [4.78, 5) is 12.7. The molecule has 1 aromatic carbocycles. The van der Waals surface area contributed by atoms with Crippen molar-refractivity contribution in [3.63, 3.8) is 0 Å². The summed E-state index contributed by atoms with van der Waals surface area (Å²) in [5.41, 5.74) is 7.46. The fourth-order valence-corrected chi connectivity index (χ4v) is 3.38. The van der Waals surface area contributed by atoms with Gasteiger partial charge in [-0.15, -0.1) is 0 Å². The Kier molecular flexibility index (Phi) is 5.04. The third-order valence-electron chi connectivity index (χ3n) is 4.63. The number of imidazole rings is 1. The van der Waals surface area contributed by atoms with Crippen molar-refractivity contribution in [2.24, 2.45) is 0 Å². The monoisotopic (exact) mass is 406 g/mol. The molecule has 0 spiro atoms. The molecule has 3 aromatic rings. The third-order valence-corrected chi connectivity index (χ3v) is 5.00. The highest BCUT2D eigenvalue weighted by Crippen LogP contribution is 2.32. The predicted octanol–water partition coefficient (Wildman–Crippen LogP) is 0.285. The number of rotatable bonds is 5. The maximum absolute atomic E-state index is 10.3. The largest absolute Gasteiger partial charge is 0.394 e. The summed E-state index contributed by atoms with van der Waals surface area (Å²) in [5, 5.41) is 33.3. The van der Waals surface area contributed by atoms with Gasteiger partial charge in [0.15, 0.2) is 23.2 Å². The van der Waals surface area contributed by atoms with Crippen LogP contribution in [-0.2, 0) is 11.3 Å². The van der Waals surface area contributed by atoms with Crippen LogP contribution in [0, 0.1) is 0 Å². The van der Waals surface area contributed by atoms with Gasteiger partial charge in [0.05, 0.1) is 12.9 Å². The minimum absolute atomic E-state index is 0.00246. The van der Waals surface area contributed by atoms with Gasteiger partial charge in [0.25, 0.3) is 0 Å². The fourth-order valence-electron chi connectivity index (χ4n) is 3.17. The lowest BCUT2D eigenvalue weighted by Crippen LogP contribution is -2.33. The van der Waals surface area contributed by atoms with Crippen LogP contribution in [-0.4, -0.2) is 59.8 Å². The average molecular weight is 407 g/mol. The quantitative estimate of drug-likeness (QED) is 0.402. The summed E-state index contributed by atoms with van der Waals surface area (Å²) in [6.07, 6.45) is -2.95. The molecule has 3 heterocycles. The standard InChI is InChI=1S/C17H19ClN6O4/c18-9-4-2-1-3-8(9)5-20-14-11-15(23-17(19)22-14)24(7-21-11)16-13(27)12(26)10(6-25)28-16/h1-4,7,10,12-13,16,25-27H,5-6H2,(H3,19,20,22,23)/t10-,12-,13-,16?/m1/s1. The number of nitrogens with one attached hydrogen (secondary N) is 1. The molecular weight excluding hydrogens is 388 g/mol. The molecular formula is C17H19ClN6O4. The van der Waals surface area contributed by atoms with E-state index in [1.165, 1.54) is 10.9 Å². The Morgan fingerprint density at radius 1 is 1.21 bits per heavy atom. The molecule has 4 atom stereocenters. The summed E-state index contributed by atoms with van der Waals surface area (Å²) >= 11 is 6.18. The van der Waals surface area contributed by atoms with E-state index in [-0.39, 0.29) is 5.95 Å². The van der Waals surface area contributed by atoms with E-state index in [1.54, 1.807) is 6.07 Å². The van der Waals surface area contributed by atoms with Crippen molar-refractivity contribution in [1.29, 1.82) is 0 Å². The number of fused-ring (bicyclic) bond motifs is 1. The van der Waals surface area contributed by atoms with E-state index >= 15 is 0 Å². The minimum atomic E-state index is -1.26. The molecule has 1 saturated heterocycles. The predicted molar refractivity (Wildman–Crippen MR) is 102 cm³/mol. The lowest BCUT2D eigenvalue weighted by molar-refractivity contribution is -0.0511. The van der Waals surface area contributed by atoms with Crippen LogP contribution in [0.2, 0.25) is 5.02 Å². The van der Waals surface area contributed by atoms with Gasteiger partial charge in [-0.3, -0.25) is 4.57 Å². The Hall–Kier alpha value is -2.50. The van der Waals surface area contributed by atoms with E-state index in [0.717, 1.165) is 5.56 Å². The van der Waals surface area contributed by atoms with Gasteiger partial charge in [-0.25, -0.2) is 4.98 Å². The van der Waals surface area contributed by atoms with E-state index in [0.29, 0.717) is 28.5 Å². The van der Waals surface area contributed by atoms with E-state index < -0.39 is 31.1 Å². The summed E-state index contributed by atoms with van der Waals surface area (Å²) < 4.78 is 7.00. The van der Waals surface area contributed by atoms with Gasteiger partial charge < -0.3 is 31.1 Å². The topological polar surface area (TPSA) is 152 Å². The van der Waals surface area contributed by atoms with Crippen molar-refractivity contribution < 1.29 is 20.1 Å². The van der Waals surface area contributed by atoms with Crippen molar-refractivity contribution in [2.45, 2.75) is 31.1 Å². The van der Waals surface area contributed by atoms with Crippen molar-refractivity contribution in [2.75, 3.05) is 17.7 Å². The summed E-state index contributed by atoms with van der Waals surface area (Å²) in [5.74, 6) is 0.399. The molecule has 4 rings (SSSR count). The molecule has 1 fully saturated rings. The second-order valence-corrected chi connectivity index (χ2v) is 6.84. The lowest BCUT2D eigenvalue weighted by Gasteiger charge is -2.16. The molecule has 0 amide bonds. The number of aromatic nitrogens is 4. The smallest absolute Gasteiger partial charge is 0.224 e. The molecule has 2 aromatic heterocycles. The maximum atomic E-state index is 10.3. The summed E-state index contributed by atoms with van der Waals surface area (Å²) in [7, 11) is 0. The number of hydrogen-bond donors (Lipinski definition) is 5. The zero-order chi connectivity index (χ0) is 19.8. The maximum Gasteiger partial charge on any atom is 0.224 e. The van der Waals surface area contributed by atoms with Gasteiger partial charge in [-0.1, -0.05) is 29.8 Å². The van der Waals surface area contributed by atoms with E-state index in [9.17, 15) is 15.3 Å². The number of aliphatic hydroxyl groups excluding tert-OH is 3. The molecule has 6 N–H and O–H groups in total. The zero-order valence-corrected chi connectivity index (χ0v) is 15.4. The Morgan fingerprint density at radius 2 is 2.00 bits per heavy atom. The SMILES string of the molecule is Nc1nc(NCc2ccccc2Cl)c2ncn(C3O[C@H](CO)[C@@H](O)[C@H]3O)c2n1. The number of nitrogen functional groups attached to an aromatic ring is 1. The number of hydrogen-bond acceptors (Lipinski definition) is 9. The first kappa shape index (κ1) is 18.8. The minimum Gasteiger partial charge on any atom is -0.394 e. The van der Waals surface area contributed by atoms with Crippen LogP contribution >= 0.6 is 11.6 Å². The highest BCUT2D eigenvalue weighted by molar-refractivity contribution is 6.31. The average Bonchev–Trinajstić information content (AvgIpc) is 3.22. The Balaban J connectivity index is 1.66. The molecule has 11 heteroatoms. The van der Waals surface area contributed by atoms with Crippen LogP contribution in [0.3, 0.4) is 0 Å². The summed E-state index contributed by atoms with van der Waals surface area (Å²) in [6, 6.07) is 7.40. The molecule has 0 aliphatic carbocycles. The molecule has 0 radical (unpaired) electrons. The number of nitrogens with two attached hydrogens (primary N) is 1. The number of anilines is 2. The first-order chi connectivity index (χ1) is 13.5. The van der Waals surface area contributed by atoms with Crippen LogP contribution in [0.5, 0.6) is 0 Å². The highest BCUT2D eigenvalue weighted by atomic mass is 35.5. The van der Waals surface area contributed by atoms with E-state index in [1.807, 2.05) is 18.2 Å². The lowest BCUT2D eigenvalue weighted by atomic mass is 10.1. The van der Waals surface area contributed by atoms with Crippen molar-refractivity contribution >= 4 is 34.5 Å². The number of aliphatic hydroxyl groups is 3. The number of benzene rings is 1. The molecule has 1 aliphatic heterocycles. The normalized spacial score (nSPS) is 24.7. The Bertz CT molecular complexity index is 999. The van der Waals surface area contributed by atoms with Crippen LogP contribution in [0.1, 0.15) is 11.8 Å². The van der Waals surface area contributed by atoms with E-state index in [2.05, 4.69) is 20.3 Å². The van der Waals surface area contributed by atoms with Crippen molar-refractivity contribution in [3.05, 3.63) is 41.2 Å². The Labute approximate surface area is 164 Å². The second-order valence-electron chi connectivity index (χ2n) is 6.43. The van der Waals surface area contributed by atoms with Gasteiger partial charge in [-0.2, -0.15) is 9.97 Å². The van der Waals surface area contributed by atoms with Crippen LogP contribution in [0.25, 0.3) is 11.2 Å². The molecule has 0 bridgehead atoms. The number of nitrogens with zero attached hydrogens (tertiary/aromatic N) is 4. The molecule has 10 nitrogen and oxygen atoms in total. The molecule has 28 heavy (non-hydrogen) atoms. The third kappa shape index (κ3) is 3.25. The van der Waals surface area contributed by atoms with Gasteiger partial charge in [-0.05, 0) is 11.6 Å². The van der Waals surface area contributed by atoms with Gasteiger partial charge in [0.1, 0.15) is 18.3 Å². The van der Waals surface area contributed by atoms with Crippen molar-refractivity contribution in [3.8, 4) is 0 Å². The second kappa shape index (κ2) is 7.49. The van der Waals surface area contributed by atoms with E-state index in [4.69, 9.17) is 22.1 Å². The summed E-state index contributed by atoms with van der Waals surface area (Å²) in [6.45, 7) is -0.0327. The molecule has 148 valence electrons. The molecule has 1 aliphatic rings. The van der Waals surface area contributed by atoms with Gasteiger partial charge in [0.2, 0.25) is 5.95 Å². The van der Waals surface area contributed by atoms with Crippen LogP contribution in [0.15, 0.2) is 30.6 Å².